The molecule has 1 aromatic rings. The molecule has 0 spiro atoms. The molecule has 1 aliphatic heterocycles. The lowest BCUT2D eigenvalue weighted by atomic mass is 10.1. The fourth-order valence-corrected chi connectivity index (χ4v) is 2.44. The topological polar surface area (TPSA) is 41.1 Å². The minimum Gasteiger partial charge on any atom is -0.352 e. The van der Waals surface area contributed by atoms with E-state index < -0.39 is 0 Å². The quantitative estimate of drug-likeness (QED) is 0.887. The first kappa shape index (κ1) is 12.7. The Morgan fingerprint density at radius 2 is 2.06 bits per heavy atom. The molecule has 2 rings (SSSR count). The zero-order valence-corrected chi connectivity index (χ0v) is 10.8. The lowest BCUT2D eigenvalue weighted by molar-refractivity contribution is 0.0948. The summed E-state index contributed by atoms with van der Waals surface area (Å²) in [6.07, 6.45) is 1.11. The Morgan fingerprint density at radius 1 is 1.35 bits per heavy atom. The molecule has 5 heteroatoms. The van der Waals surface area contributed by atoms with Crippen LogP contribution in [-0.2, 0) is 0 Å². The first-order valence-electron chi connectivity index (χ1n) is 5.60. The van der Waals surface area contributed by atoms with Crippen molar-refractivity contribution in [1.29, 1.82) is 0 Å². The number of halogens is 2. The van der Waals surface area contributed by atoms with Gasteiger partial charge in [0, 0.05) is 22.2 Å². The van der Waals surface area contributed by atoms with E-state index in [9.17, 15) is 4.79 Å². The van der Waals surface area contributed by atoms with Gasteiger partial charge in [-0.3, -0.25) is 4.79 Å². The molecule has 1 atom stereocenters. The molecule has 3 nitrogen and oxygen atoms in total. The van der Waals surface area contributed by atoms with E-state index in [1.807, 2.05) is 0 Å². The minimum absolute atomic E-state index is 0.124. The molecule has 1 fully saturated rings. The molecule has 0 bridgehead atoms. The van der Waals surface area contributed by atoms with E-state index in [0.717, 1.165) is 19.5 Å². The van der Waals surface area contributed by atoms with Gasteiger partial charge in [-0.05, 0) is 43.6 Å². The molecular weight excluding hydrogens is 259 g/mol. The Kier molecular flexibility index (Phi) is 4.26. The maximum Gasteiger partial charge on any atom is 0.251 e. The van der Waals surface area contributed by atoms with E-state index in [0.29, 0.717) is 28.1 Å². The summed E-state index contributed by atoms with van der Waals surface area (Å²) in [6, 6.07) is 4.85. The molecule has 0 saturated carbocycles. The van der Waals surface area contributed by atoms with Crippen LogP contribution in [0.1, 0.15) is 16.8 Å². The van der Waals surface area contributed by atoms with Crippen LogP contribution in [0, 0.1) is 5.92 Å². The molecule has 1 aromatic carbocycles. The highest BCUT2D eigenvalue weighted by Gasteiger charge is 2.16. The number of benzene rings is 1. The van der Waals surface area contributed by atoms with Crippen molar-refractivity contribution in [2.45, 2.75) is 6.42 Å². The van der Waals surface area contributed by atoms with Crippen molar-refractivity contribution in [2.75, 3.05) is 19.6 Å². The molecular formula is C12H14Cl2N2O. The van der Waals surface area contributed by atoms with Crippen LogP contribution >= 0.6 is 23.2 Å². The normalized spacial score (nSPS) is 19.3. The largest absolute Gasteiger partial charge is 0.352 e. The summed E-state index contributed by atoms with van der Waals surface area (Å²) in [7, 11) is 0. The van der Waals surface area contributed by atoms with Crippen molar-refractivity contribution < 1.29 is 4.79 Å². The van der Waals surface area contributed by atoms with Gasteiger partial charge in [-0.1, -0.05) is 23.2 Å². The highest BCUT2D eigenvalue weighted by molar-refractivity contribution is 6.35. The molecule has 0 radical (unpaired) electrons. The third kappa shape index (κ3) is 3.60. The van der Waals surface area contributed by atoms with Gasteiger partial charge in [0.2, 0.25) is 0 Å². The molecule has 1 saturated heterocycles. The van der Waals surface area contributed by atoms with Gasteiger partial charge in [-0.25, -0.2) is 0 Å². The van der Waals surface area contributed by atoms with Crippen LogP contribution in [0.5, 0.6) is 0 Å². The number of carbonyl (C=O) groups is 1. The van der Waals surface area contributed by atoms with Gasteiger partial charge in [-0.2, -0.15) is 0 Å². The number of amides is 1. The van der Waals surface area contributed by atoms with E-state index in [-0.39, 0.29) is 5.91 Å². The molecule has 1 amide bonds. The number of carbonyl (C=O) groups excluding carboxylic acids is 1. The summed E-state index contributed by atoms with van der Waals surface area (Å²) < 4.78 is 0. The average molecular weight is 273 g/mol. The van der Waals surface area contributed by atoms with Crippen molar-refractivity contribution in [1.82, 2.24) is 10.6 Å². The Bertz CT molecular complexity index is 397. The lowest BCUT2D eigenvalue weighted by Gasteiger charge is -2.10. The Morgan fingerprint density at radius 3 is 2.65 bits per heavy atom. The fraction of sp³-hybridized carbons (Fsp3) is 0.417. The van der Waals surface area contributed by atoms with E-state index in [4.69, 9.17) is 23.2 Å². The molecule has 92 valence electrons. The van der Waals surface area contributed by atoms with Crippen LogP contribution in [0.4, 0.5) is 0 Å². The van der Waals surface area contributed by atoms with Crippen LogP contribution in [0.3, 0.4) is 0 Å². The van der Waals surface area contributed by atoms with E-state index in [1.54, 1.807) is 18.2 Å². The van der Waals surface area contributed by atoms with Crippen LogP contribution < -0.4 is 10.6 Å². The predicted octanol–water partition coefficient (Wildman–Crippen LogP) is 2.33. The Labute approximate surface area is 110 Å². The van der Waals surface area contributed by atoms with Crippen LogP contribution in [0.2, 0.25) is 10.0 Å². The second-order valence-electron chi connectivity index (χ2n) is 4.23. The predicted molar refractivity (Wildman–Crippen MR) is 69.8 cm³/mol. The molecule has 1 aliphatic rings. The maximum atomic E-state index is 11.9. The number of nitrogens with one attached hydrogen (secondary N) is 2. The third-order valence-corrected chi connectivity index (χ3v) is 3.27. The first-order chi connectivity index (χ1) is 8.15. The second-order valence-corrected chi connectivity index (χ2v) is 5.10. The molecule has 0 aromatic heterocycles. The minimum atomic E-state index is -0.124. The smallest absolute Gasteiger partial charge is 0.251 e. The van der Waals surface area contributed by atoms with Gasteiger partial charge in [0.15, 0.2) is 0 Å². The van der Waals surface area contributed by atoms with Crippen molar-refractivity contribution in [2.24, 2.45) is 5.92 Å². The molecule has 0 aliphatic carbocycles. The summed E-state index contributed by atoms with van der Waals surface area (Å²) in [5.41, 5.74) is 0.508. The highest BCUT2D eigenvalue weighted by atomic mass is 35.5. The van der Waals surface area contributed by atoms with Gasteiger partial charge < -0.3 is 10.6 Å². The van der Waals surface area contributed by atoms with Crippen LogP contribution in [0.25, 0.3) is 0 Å². The standard InChI is InChI=1S/C12H14Cl2N2O/c13-10-3-9(4-11(14)5-10)12(17)16-7-8-1-2-15-6-8/h3-5,8,15H,1-2,6-7H2,(H,16,17). The third-order valence-electron chi connectivity index (χ3n) is 2.84. The van der Waals surface area contributed by atoms with Crippen LogP contribution in [0.15, 0.2) is 18.2 Å². The van der Waals surface area contributed by atoms with Gasteiger partial charge in [0.1, 0.15) is 0 Å². The Balaban J connectivity index is 1.94. The summed E-state index contributed by atoms with van der Waals surface area (Å²) >= 11 is 11.7. The molecule has 17 heavy (non-hydrogen) atoms. The van der Waals surface area contributed by atoms with Crippen molar-refractivity contribution in [3.8, 4) is 0 Å². The first-order valence-corrected chi connectivity index (χ1v) is 6.36. The zero-order valence-electron chi connectivity index (χ0n) is 9.30. The van der Waals surface area contributed by atoms with Crippen LogP contribution in [-0.4, -0.2) is 25.5 Å². The van der Waals surface area contributed by atoms with Crippen molar-refractivity contribution in [3.05, 3.63) is 33.8 Å². The monoisotopic (exact) mass is 272 g/mol. The summed E-state index contributed by atoms with van der Waals surface area (Å²) in [5, 5.41) is 7.11. The molecule has 1 unspecified atom stereocenters. The van der Waals surface area contributed by atoms with E-state index in [1.165, 1.54) is 0 Å². The molecule has 2 N–H and O–H groups in total. The fourth-order valence-electron chi connectivity index (χ4n) is 1.91. The number of hydrogen-bond donors (Lipinski definition) is 2. The van der Waals surface area contributed by atoms with E-state index >= 15 is 0 Å². The zero-order chi connectivity index (χ0) is 12.3. The summed E-state index contributed by atoms with van der Waals surface area (Å²) in [4.78, 5) is 11.9. The second kappa shape index (κ2) is 5.71. The van der Waals surface area contributed by atoms with Gasteiger partial charge in [0.05, 0.1) is 0 Å². The van der Waals surface area contributed by atoms with Crippen molar-refractivity contribution in [3.63, 3.8) is 0 Å². The number of hydrogen-bond acceptors (Lipinski definition) is 2. The summed E-state index contributed by atoms with van der Waals surface area (Å²) in [6.45, 7) is 2.69. The lowest BCUT2D eigenvalue weighted by Crippen LogP contribution is -2.30. The van der Waals surface area contributed by atoms with Gasteiger partial charge in [0.25, 0.3) is 5.91 Å². The van der Waals surface area contributed by atoms with Crippen molar-refractivity contribution >= 4 is 29.1 Å². The maximum absolute atomic E-state index is 11.9. The van der Waals surface area contributed by atoms with Gasteiger partial charge in [-0.15, -0.1) is 0 Å². The Hall–Kier alpha value is -0.770. The average Bonchev–Trinajstić information content (AvgIpc) is 2.77. The van der Waals surface area contributed by atoms with E-state index in [2.05, 4.69) is 10.6 Å². The number of rotatable bonds is 3. The summed E-state index contributed by atoms with van der Waals surface area (Å²) in [5.74, 6) is 0.398. The highest BCUT2D eigenvalue weighted by Crippen LogP contribution is 2.19. The van der Waals surface area contributed by atoms with Gasteiger partial charge >= 0.3 is 0 Å². The SMILES string of the molecule is O=C(NCC1CCNC1)c1cc(Cl)cc(Cl)c1. The molecule has 1 heterocycles.